The highest BCUT2D eigenvalue weighted by Crippen LogP contribution is 2.37. The normalized spacial score (nSPS) is 30.1. The first-order chi connectivity index (χ1) is 7.20. The van der Waals surface area contributed by atoms with E-state index in [1.807, 2.05) is 6.08 Å². The molecule has 0 amide bonds. The molecule has 0 N–H and O–H groups in total. The molecule has 0 aromatic rings. The monoisotopic (exact) mass is 206 g/mol. The molecule has 0 aliphatic heterocycles. The van der Waals surface area contributed by atoms with Gasteiger partial charge in [0.05, 0.1) is 0 Å². The fourth-order valence-electron chi connectivity index (χ4n) is 2.23. The minimum Gasteiger partial charge on any atom is -0.303 e. The Hall–Kier alpha value is -0.850. The number of allylic oxidation sites excluding steroid dienone is 3. The predicted molar refractivity (Wildman–Crippen MR) is 64.7 cm³/mol. The molecule has 0 spiro atoms. The van der Waals surface area contributed by atoms with Crippen LogP contribution in [0.3, 0.4) is 0 Å². The van der Waals surface area contributed by atoms with E-state index < -0.39 is 0 Å². The second-order valence-electron chi connectivity index (χ2n) is 4.88. The number of rotatable bonds is 6. The Bertz CT molecular complexity index is 242. The van der Waals surface area contributed by atoms with Gasteiger partial charge in [-0.25, -0.2) is 0 Å². The van der Waals surface area contributed by atoms with E-state index in [1.54, 1.807) is 0 Å². The average molecular weight is 206 g/mol. The molecule has 15 heavy (non-hydrogen) atoms. The van der Waals surface area contributed by atoms with E-state index in [1.165, 1.54) is 19.3 Å². The van der Waals surface area contributed by atoms with Crippen LogP contribution in [0.5, 0.6) is 0 Å². The zero-order valence-corrected chi connectivity index (χ0v) is 9.74. The van der Waals surface area contributed by atoms with E-state index in [0.29, 0.717) is 6.42 Å². The van der Waals surface area contributed by atoms with Crippen LogP contribution in [-0.2, 0) is 4.79 Å². The van der Waals surface area contributed by atoms with Crippen molar-refractivity contribution in [1.29, 1.82) is 0 Å². The fourth-order valence-corrected chi connectivity index (χ4v) is 2.23. The molecule has 0 radical (unpaired) electrons. The fraction of sp³-hybridized carbons (Fsp3) is 0.643. The van der Waals surface area contributed by atoms with Crippen molar-refractivity contribution >= 4 is 6.29 Å². The summed E-state index contributed by atoms with van der Waals surface area (Å²) in [6, 6.07) is 0. The maximum Gasteiger partial charge on any atom is 0.120 e. The van der Waals surface area contributed by atoms with Crippen LogP contribution in [0.1, 0.15) is 45.4 Å². The molecular weight excluding hydrogens is 184 g/mol. The molecule has 0 fully saturated rings. The Morgan fingerprint density at radius 1 is 1.53 bits per heavy atom. The summed E-state index contributed by atoms with van der Waals surface area (Å²) in [5.41, 5.74) is 0.269. The van der Waals surface area contributed by atoms with Gasteiger partial charge in [0.15, 0.2) is 0 Å². The van der Waals surface area contributed by atoms with Crippen LogP contribution < -0.4 is 0 Å². The highest BCUT2D eigenvalue weighted by atomic mass is 16.1. The van der Waals surface area contributed by atoms with Crippen LogP contribution in [0.15, 0.2) is 24.8 Å². The molecule has 0 heterocycles. The van der Waals surface area contributed by atoms with Gasteiger partial charge in [0, 0.05) is 6.42 Å². The summed E-state index contributed by atoms with van der Waals surface area (Å²) in [5.74, 6) is 0.729. The lowest BCUT2D eigenvalue weighted by atomic mass is 9.74. The Balaban J connectivity index is 2.41. The van der Waals surface area contributed by atoms with Gasteiger partial charge in [0.25, 0.3) is 0 Å². The number of hydrogen-bond acceptors (Lipinski definition) is 1. The third kappa shape index (κ3) is 4.03. The SMILES string of the molecule is C=CCCC1C=C[C@](C)(CCC=O)CC1. The van der Waals surface area contributed by atoms with E-state index >= 15 is 0 Å². The smallest absolute Gasteiger partial charge is 0.120 e. The highest BCUT2D eigenvalue weighted by molar-refractivity contribution is 5.49. The van der Waals surface area contributed by atoms with Crippen molar-refractivity contribution in [3.05, 3.63) is 24.8 Å². The lowest BCUT2D eigenvalue weighted by Crippen LogP contribution is -2.19. The standard InChI is InChI=1S/C14H22O/c1-3-4-6-13-7-10-14(2,11-8-13)9-5-12-15/h3,7,10,12-13H,1,4-6,8-9,11H2,2H3/t13?,14-/m0/s1. The molecule has 1 aliphatic carbocycles. The maximum atomic E-state index is 10.4. The molecule has 0 bridgehead atoms. The molecule has 1 heteroatoms. The Morgan fingerprint density at radius 2 is 2.33 bits per heavy atom. The van der Waals surface area contributed by atoms with Crippen molar-refractivity contribution in [1.82, 2.24) is 0 Å². The molecule has 0 aromatic carbocycles. The average Bonchev–Trinajstić information content (AvgIpc) is 2.26. The van der Waals surface area contributed by atoms with Crippen LogP contribution in [0.4, 0.5) is 0 Å². The first-order valence-corrected chi connectivity index (χ1v) is 5.94. The van der Waals surface area contributed by atoms with Crippen LogP contribution in [0.2, 0.25) is 0 Å². The van der Waals surface area contributed by atoms with Crippen LogP contribution in [-0.4, -0.2) is 6.29 Å². The molecule has 1 aliphatic rings. The third-order valence-corrected chi connectivity index (χ3v) is 3.43. The van der Waals surface area contributed by atoms with Gasteiger partial charge in [-0.1, -0.05) is 25.2 Å². The molecule has 2 atom stereocenters. The van der Waals surface area contributed by atoms with Gasteiger partial charge < -0.3 is 4.79 Å². The quantitative estimate of drug-likeness (QED) is 0.476. The van der Waals surface area contributed by atoms with Crippen molar-refractivity contribution in [2.45, 2.75) is 45.4 Å². The predicted octanol–water partition coefficient (Wildman–Crippen LogP) is 3.90. The molecule has 0 aromatic heterocycles. The third-order valence-electron chi connectivity index (χ3n) is 3.43. The van der Waals surface area contributed by atoms with Crippen molar-refractivity contribution < 1.29 is 4.79 Å². The molecule has 1 unspecified atom stereocenters. The Labute approximate surface area is 93.3 Å². The van der Waals surface area contributed by atoms with Gasteiger partial charge in [0.2, 0.25) is 0 Å². The van der Waals surface area contributed by atoms with Gasteiger partial charge in [-0.05, 0) is 43.4 Å². The van der Waals surface area contributed by atoms with Crippen molar-refractivity contribution in [2.24, 2.45) is 11.3 Å². The second kappa shape index (κ2) is 5.89. The minimum absolute atomic E-state index is 0.269. The Kier molecular flexibility index (Phi) is 4.80. The summed E-state index contributed by atoms with van der Waals surface area (Å²) >= 11 is 0. The van der Waals surface area contributed by atoms with Gasteiger partial charge >= 0.3 is 0 Å². The van der Waals surface area contributed by atoms with Crippen molar-refractivity contribution in [3.8, 4) is 0 Å². The van der Waals surface area contributed by atoms with E-state index in [0.717, 1.165) is 25.0 Å². The largest absolute Gasteiger partial charge is 0.303 e. The van der Waals surface area contributed by atoms with Crippen LogP contribution >= 0.6 is 0 Å². The van der Waals surface area contributed by atoms with Crippen molar-refractivity contribution in [3.63, 3.8) is 0 Å². The Morgan fingerprint density at radius 3 is 2.87 bits per heavy atom. The summed E-state index contributed by atoms with van der Waals surface area (Å²) in [7, 11) is 0. The van der Waals surface area contributed by atoms with Gasteiger partial charge in [-0.2, -0.15) is 0 Å². The summed E-state index contributed by atoms with van der Waals surface area (Å²) < 4.78 is 0. The van der Waals surface area contributed by atoms with Crippen LogP contribution in [0, 0.1) is 11.3 Å². The highest BCUT2D eigenvalue weighted by Gasteiger charge is 2.25. The second-order valence-corrected chi connectivity index (χ2v) is 4.88. The van der Waals surface area contributed by atoms with Crippen molar-refractivity contribution in [2.75, 3.05) is 0 Å². The summed E-state index contributed by atoms with van der Waals surface area (Å²) in [5, 5.41) is 0. The molecule has 1 rings (SSSR count). The topological polar surface area (TPSA) is 17.1 Å². The zero-order valence-electron chi connectivity index (χ0n) is 9.74. The molecule has 84 valence electrons. The molecular formula is C14H22O. The lowest BCUT2D eigenvalue weighted by Gasteiger charge is -2.31. The van der Waals surface area contributed by atoms with E-state index in [4.69, 9.17) is 0 Å². The lowest BCUT2D eigenvalue weighted by molar-refractivity contribution is -0.108. The van der Waals surface area contributed by atoms with Gasteiger partial charge in [-0.15, -0.1) is 6.58 Å². The molecule has 0 saturated heterocycles. The molecule has 1 nitrogen and oxygen atoms in total. The van der Waals surface area contributed by atoms with Crippen LogP contribution in [0.25, 0.3) is 0 Å². The number of carbonyl (C=O) groups excluding carboxylic acids is 1. The van der Waals surface area contributed by atoms with Gasteiger partial charge in [-0.3, -0.25) is 0 Å². The summed E-state index contributed by atoms with van der Waals surface area (Å²) in [6.07, 6.45) is 14.2. The maximum absolute atomic E-state index is 10.4. The van der Waals surface area contributed by atoms with Gasteiger partial charge in [0.1, 0.15) is 6.29 Å². The van der Waals surface area contributed by atoms with E-state index in [-0.39, 0.29) is 5.41 Å². The summed E-state index contributed by atoms with van der Waals surface area (Å²) in [4.78, 5) is 10.4. The van der Waals surface area contributed by atoms with E-state index in [9.17, 15) is 4.79 Å². The molecule has 0 saturated carbocycles. The first-order valence-electron chi connectivity index (χ1n) is 5.94. The first kappa shape index (κ1) is 12.2. The summed E-state index contributed by atoms with van der Waals surface area (Å²) in [6.45, 7) is 6.01. The number of aldehydes is 1. The zero-order chi connectivity index (χ0) is 11.1. The number of hydrogen-bond donors (Lipinski definition) is 0. The minimum atomic E-state index is 0.269. The van der Waals surface area contributed by atoms with E-state index in [2.05, 4.69) is 25.7 Å². The number of carbonyl (C=O) groups is 1.